The fourth-order valence-corrected chi connectivity index (χ4v) is 9.68. The molecule has 430 valence electrons. The van der Waals surface area contributed by atoms with Crippen molar-refractivity contribution in [3.8, 4) is 0 Å². The Morgan fingerprint density at radius 3 is 0.797 bits per heavy atom. The lowest BCUT2D eigenvalue weighted by Gasteiger charge is -2.51. The molecule has 0 aromatic carbocycles. The molecule has 0 saturated carbocycles. The minimum atomic E-state index is -2.34. The van der Waals surface area contributed by atoms with Crippen molar-refractivity contribution < 1.29 is 163 Å². The first-order valence-electron chi connectivity index (χ1n) is 23.7. The van der Waals surface area contributed by atoms with Crippen LogP contribution in [0.25, 0.3) is 0 Å². The first-order chi connectivity index (χ1) is 35.1. The first kappa shape index (κ1) is 59.9. The van der Waals surface area contributed by atoms with Crippen molar-refractivity contribution in [3.05, 3.63) is 0 Å². The van der Waals surface area contributed by atoms with Gasteiger partial charge in [-0.05, 0) is 6.92 Å². The molecule has 2 unspecified atom stereocenters. The highest BCUT2D eigenvalue weighted by Crippen LogP contribution is 2.38. The lowest BCUT2D eigenvalue weighted by atomic mass is 9.94. The van der Waals surface area contributed by atoms with Crippen LogP contribution in [0.2, 0.25) is 0 Å². The van der Waals surface area contributed by atoms with Gasteiger partial charge in [-0.15, -0.1) is 0 Å². The summed E-state index contributed by atoms with van der Waals surface area (Å²) in [5.41, 5.74) is 0. The van der Waals surface area contributed by atoms with E-state index in [-0.39, 0.29) is 0 Å². The van der Waals surface area contributed by atoms with Gasteiger partial charge in [-0.2, -0.15) is 0 Å². The SMILES string of the molecule is CC(O)CC(O)C(=O)O[C@@H]1[C@@H](O)[C@H]2O[C@H]3[C@H](O)[C@@H](O)[C@@H](O[C@H]4[C@H](O)[C@@H](O)[C@@H](O[C@H]5[C@H](O)[C@@H](O)[C@@H](O[C@H]6[C@H](O)[C@@H](O)[C@@H](O[C@H]7[C@H](O)[C@@H](O)[C@@H](O[C@H]1[C@@H](CO)O2)O[C@@H]7CO)O[C@@H]6CO)O[C@@H]5CO)O[C@@H]4CO)O[C@@H]3CO. The highest BCUT2D eigenvalue weighted by molar-refractivity contribution is 5.74. The maximum absolute atomic E-state index is 13.3. The number of hydrogen-bond acceptors (Lipinski definition) is 33. The van der Waals surface area contributed by atoms with Crippen molar-refractivity contribution in [1.29, 1.82) is 0 Å². The second-order valence-electron chi connectivity index (χ2n) is 18.9. The Hall–Kier alpha value is -1.77. The molecule has 12 bridgehead atoms. The predicted octanol–water partition coefficient (Wildman–Crippen LogP) is -13.4. The summed E-state index contributed by atoms with van der Waals surface area (Å²) < 4.78 is 74.1. The lowest BCUT2D eigenvalue weighted by Crippen LogP contribution is -2.69. The minimum absolute atomic E-state index is 0.610. The zero-order valence-corrected chi connectivity index (χ0v) is 39.1. The molecule has 22 heterocycles. The van der Waals surface area contributed by atoms with Gasteiger partial charge < -0.3 is 159 Å². The van der Waals surface area contributed by atoms with Crippen LogP contribution in [0.1, 0.15) is 13.3 Å². The van der Waals surface area contributed by atoms with E-state index in [0.717, 1.165) is 0 Å². The Morgan fingerprint density at radius 2 is 0.568 bits per heavy atom. The third-order valence-corrected chi connectivity index (χ3v) is 13.7. The zero-order valence-electron chi connectivity index (χ0n) is 39.1. The second-order valence-corrected chi connectivity index (χ2v) is 18.9. The topological polar surface area (TPSA) is 521 Å². The average molecular weight is 1090 g/mol. The van der Waals surface area contributed by atoms with Crippen LogP contribution in [0.4, 0.5) is 0 Å². The molecule has 0 spiro atoms. The van der Waals surface area contributed by atoms with Crippen LogP contribution in [0.3, 0.4) is 0 Å². The van der Waals surface area contributed by atoms with Gasteiger partial charge in [0, 0.05) is 6.42 Å². The van der Waals surface area contributed by atoms with Gasteiger partial charge in [-0.1, -0.05) is 0 Å². The van der Waals surface area contributed by atoms with Gasteiger partial charge >= 0.3 is 5.97 Å². The number of carbonyl (C=O) groups is 1. The average Bonchev–Trinajstić information content (AvgIpc) is 3.37. The molecular weight excluding hydrogens is 1020 g/mol. The summed E-state index contributed by atoms with van der Waals surface area (Å²) in [4.78, 5) is 13.3. The van der Waals surface area contributed by atoms with Crippen molar-refractivity contribution >= 4 is 5.97 Å². The molecule has 0 aromatic rings. The van der Waals surface area contributed by atoms with Gasteiger partial charge in [-0.25, -0.2) is 4.79 Å². The minimum Gasteiger partial charge on any atom is -0.455 e. The Balaban J connectivity index is 1.23. The van der Waals surface area contributed by atoms with Crippen LogP contribution in [-0.2, 0) is 66.4 Å². The Morgan fingerprint density at radius 1 is 0.351 bits per heavy atom. The Kier molecular flexibility index (Phi) is 20.7. The first-order valence-corrected chi connectivity index (χ1v) is 23.7. The van der Waals surface area contributed by atoms with Crippen molar-refractivity contribution in [2.75, 3.05) is 39.6 Å². The number of esters is 1. The van der Waals surface area contributed by atoms with Crippen LogP contribution in [0, 0.1) is 0 Å². The molecule has 22 aliphatic rings. The maximum atomic E-state index is 13.3. The van der Waals surface area contributed by atoms with Crippen LogP contribution < -0.4 is 0 Å². The number of aliphatic hydroxyl groups is 19. The quantitative estimate of drug-likeness (QED) is 0.0903. The number of aliphatic hydroxyl groups excluding tert-OH is 19. The van der Waals surface area contributed by atoms with Gasteiger partial charge in [0.15, 0.2) is 49.9 Å². The van der Waals surface area contributed by atoms with E-state index >= 15 is 0 Å². The monoisotopic (exact) mass is 1090 g/mol. The molecular formula is C41H68O33. The predicted molar refractivity (Wildman–Crippen MR) is 222 cm³/mol. The summed E-state index contributed by atoms with van der Waals surface area (Å²) >= 11 is 0. The highest BCUT2D eigenvalue weighted by Gasteiger charge is 2.59. The van der Waals surface area contributed by atoms with Crippen molar-refractivity contribution in [3.63, 3.8) is 0 Å². The fourth-order valence-electron chi connectivity index (χ4n) is 9.68. The summed E-state index contributed by atoms with van der Waals surface area (Å²) in [6, 6.07) is 0. The van der Waals surface area contributed by atoms with Crippen LogP contribution in [0.5, 0.6) is 0 Å². The zero-order chi connectivity index (χ0) is 54.2. The normalized spacial score (nSPS) is 51.5. The summed E-state index contributed by atoms with van der Waals surface area (Å²) in [5, 5.41) is 208. The molecule has 32 atom stereocenters. The Bertz CT molecular complexity index is 1740. The van der Waals surface area contributed by atoms with E-state index < -0.39 is 248 Å². The number of rotatable bonds is 10. The lowest BCUT2D eigenvalue weighted by molar-refractivity contribution is -0.404. The van der Waals surface area contributed by atoms with Crippen LogP contribution in [0.15, 0.2) is 0 Å². The highest BCUT2D eigenvalue weighted by atomic mass is 16.8. The smallest absolute Gasteiger partial charge is 0.335 e. The van der Waals surface area contributed by atoms with Gasteiger partial charge in [0.25, 0.3) is 0 Å². The molecule has 0 aromatic heterocycles. The second kappa shape index (κ2) is 25.6. The molecule has 33 nitrogen and oxygen atoms in total. The van der Waals surface area contributed by atoms with E-state index in [9.17, 15) is 102 Å². The molecule has 33 heteroatoms. The summed E-state index contributed by atoms with van der Waals surface area (Å²) in [5.74, 6) is -1.52. The molecule has 74 heavy (non-hydrogen) atoms. The molecule has 22 saturated heterocycles. The molecule has 0 aliphatic carbocycles. The van der Waals surface area contributed by atoms with E-state index in [4.69, 9.17) is 61.6 Å². The van der Waals surface area contributed by atoms with Crippen molar-refractivity contribution in [1.82, 2.24) is 0 Å². The summed E-state index contributed by atoms with van der Waals surface area (Å²) in [7, 11) is 0. The summed E-state index contributed by atoms with van der Waals surface area (Å²) in [6.45, 7) is -5.18. The molecule has 22 rings (SSSR count). The molecule has 22 aliphatic heterocycles. The number of hydrogen-bond donors (Lipinski definition) is 19. The maximum Gasteiger partial charge on any atom is 0.335 e. The van der Waals surface area contributed by atoms with E-state index in [0.29, 0.717) is 0 Å². The third kappa shape index (κ3) is 12.2. The summed E-state index contributed by atoms with van der Waals surface area (Å²) in [6.07, 6.45) is -65.1. The van der Waals surface area contributed by atoms with Gasteiger partial charge in [0.2, 0.25) is 0 Å². The van der Waals surface area contributed by atoms with Crippen molar-refractivity contribution in [2.45, 2.75) is 210 Å². The van der Waals surface area contributed by atoms with E-state index in [1.165, 1.54) is 6.92 Å². The number of ether oxygens (including phenoxy) is 13. The molecule has 0 amide bonds. The fraction of sp³-hybridized carbons (Fsp3) is 0.976. The molecule has 22 fully saturated rings. The molecule has 0 radical (unpaired) electrons. The standard InChI is InChI=1S/C41H68O33/c1-9(48)2-10(49)35(61)68-34-27(60)41-67-16(8-47)33(34)74-40-26(59)21(54)31(14(6-45)66-40)72-38-24(57)19(52)29(12(4-43)64-38)70-36-22(55)17(50)28(11(3-42)62-36)69-37-23(56)18(51)30(13(5-44)63-37)71-39-25(58)20(53)32(73-41)15(7-46)65-39/h9-34,36-60H,2-8H2,1H3/t9?,10?,11-,12-,13-,14-,15-,16-,17-,18-,19-,20-,21-,22-,23-,24-,25-,26-,27-,28-,29-,30-,31-,32-,33+,34-,36-,37-,38-,39-,40-,41-/m1/s1. The van der Waals surface area contributed by atoms with E-state index in [1.807, 2.05) is 0 Å². The van der Waals surface area contributed by atoms with Crippen LogP contribution in [-0.4, -0.2) is 339 Å². The van der Waals surface area contributed by atoms with Gasteiger partial charge in [-0.3, -0.25) is 0 Å². The van der Waals surface area contributed by atoms with E-state index in [1.54, 1.807) is 0 Å². The van der Waals surface area contributed by atoms with Crippen molar-refractivity contribution in [2.24, 2.45) is 0 Å². The number of carbonyl (C=O) groups excluding carboxylic acids is 1. The molecule has 19 N–H and O–H groups in total. The Labute approximate surface area is 418 Å². The van der Waals surface area contributed by atoms with Gasteiger partial charge in [0.1, 0.15) is 140 Å². The van der Waals surface area contributed by atoms with E-state index in [2.05, 4.69) is 0 Å². The largest absolute Gasteiger partial charge is 0.455 e. The third-order valence-electron chi connectivity index (χ3n) is 13.7. The van der Waals surface area contributed by atoms with Gasteiger partial charge in [0.05, 0.1) is 45.7 Å². The van der Waals surface area contributed by atoms with Crippen LogP contribution >= 0.6 is 0 Å².